The molecule has 2 rings (SSSR count). The number of fused-ring (bicyclic) bond motifs is 1. The molecule has 0 bridgehead atoms. The molecular formula is C18H27NO. The first kappa shape index (κ1) is 15.0. The predicted octanol–water partition coefficient (Wildman–Crippen LogP) is 5.69. The van der Waals surface area contributed by atoms with Crippen LogP contribution in [-0.2, 0) is 0 Å². The third-order valence-electron chi connectivity index (χ3n) is 3.76. The molecule has 1 N–H and O–H groups in total. The number of rotatable bonds is 10. The summed E-state index contributed by atoms with van der Waals surface area (Å²) in [4.78, 5) is 3.30. The van der Waals surface area contributed by atoms with E-state index < -0.39 is 0 Å². The van der Waals surface area contributed by atoms with Crippen LogP contribution < -0.4 is 4.74 Å². The van der Waals surface area contributed by atoms with Gasteiger partial charge in [-0.25, -0.2) is 0 Å². The highest BCUT2D eigenvalue weighted by Gasteiger charge is 2.00. The van der Waals surface area contributed by atoms with Crippen molar-refractivity contribution in [1.29, 1.82) is 0 Å². The number of nitrogens with one attached hydrogen (secondary N) is 1. The van der Waals surface area contributed by atoms with Gasteiger partial charge in [-0.05, 0) is 12.5 Å². The summed E-state index contributed by atoms with van der Waals surface area (Å²) >= 11 is 0. The standard InChI is InChI=1S/C18H27NO/c1-2-3-4-5-6-7-8-11-14-20-18-15-16-12-9-10-13-17(16)19-18/h9-10,12-13,15,19H,2-8,11,14H2,1H3. The summed E-state index contributed by atoms with van der Waals surface area (Å²) in [6, 6.07) is 10.4. The Morgan fingerprint density at radius 2 is 1.60 bits per heavy atom. The second kappa shape index (κ2) is 8.68. The van der Waals surface area contributed by atoms with Crippen LogP contribution in [0.25, 0.3) is 10.9 Å². The highest BCUT2D eigenvalue weighted by molar-refractivity contribution is 5.81. The molecule has 0 aliphatic rings. The molecule has 20 heavy (non-hydrogen) atoms. The highest BCUT2D eigenvalue weighted by Crippen LogP contribution is 2.20. The van der Waals surface area contributed by atoms with E-state index in [1.807, 2.05) is 6.07 Å². The molecule has 0 unspecified atom stereocenters. The molecule has 0 radical (unpaired) electrons. The van der Waals surface area contributed by atoms with Crippen molar-refractivity contribution < 1.29 is 4.74 Å². The number of hydrogen-bond donors (Lipinski definition) is 1. The van der Waals surface area contributed by atoms with Gasteiger partial charge in [0.05, 0.1) is 6.61 Å². The molecule has 2 nitrogen and oxygen atoms in total. The zero-order valence-electron chi connectivity index (χ0n) is 12.7. The van der Waals surface area contributed by atoms with E-state index >= 15 is 0 Å². The molecule has 0 fully saturated rings. The summed E-state index contributed by atoms with van der Waals surface area (Å²) in [5.74, 6) is 0.897. The van der Waals surface area contributed by atoms with E-state index in [-0.39, 0.29) is 0 Å². The van der Waals surface area contributed by atoms with E-state index in [0.717, 1.165) is 24.4 Å². The van der Waals surface area contributed by atoms with Crippen molar-refractivity contribution in [3.05, 3.63) is 30.3 Å². The molecule has 0 saturated heterocycles. The van der Waals surface area contributed by atoms with Crippen LogP contribution in [0.4, 0.5) is 0 Å². The Morgan fingerprint density at radius 3 is 2.35 bits per heavy atom. The van der Waals surface area contributed by atoms with E-state index in [1.165, 1.54) is 50.3 Å². The Bertz CT molecular complexity index is 456. The first-order valence-corrected chi connectivity index (χ1v) is 8.10. The topological polar surface area (TPSA) is 25.0 Å². The van der Waals surface area contributed by atoms with Gasteiger partial charge in [-0.2, -0.15) is 0 Å². The molecule has 0 aliphatic heterocycles. The van der Waals surface area contributed by atoms with E-state index in [4.69, 9.17) is 4.74 Å². The van der Waals surface area contributed by atoms with Crippen molar-refractivity contribution >= 4 is 10.9 Å². The van der Waals surface area contributed by atoms with Gasteiger partial charge in [-0.3, -0.25) is 0 Å². The lowest BCUT2D eigenvalue weighted by atomic mass is 10.1. The second-order valence-electron chi connectivity index (χ2n) is 5.54. The molecular weight excluding hydrogens is 246 g/mol. The fraction of sp³-hybridized carbons (Fsp3) is 0.556. The Kier molecular flexibility index (Phi) is 6.49. The van der Waals surface area contributed by atoms with Crippen molar-refractivity contribution in [1.82, 2.24) is 4.98 Å². The lowest BCUT2D eigenvalue weighted by Crippen LogP contribution is -1.97. The fourth-order valence-electron chi connectivity index (χ4n) is 2.54. The minimum atomic E-state index is 0.821. The highest BCUT2D eigenvalue weighted by atomic mass is 16.5. The Labute approximate surface area is 122 Å². The molecule has 1 aromatic carbocycles. The van der Waals surface area contributed by atoms with E-state index in [2.05, 4.69) is 36.2 Å². The number of ether oxygens (including phenoxy) is 1. The zero-order valence-corrected chi connectivity index (χ0v) is 12.7. The third-order valence-corrected chi connectivity index (χ3v) is 3.76. The van der Waals surface area contributed by atoms with Gasteiger partial charge in [-0.15, -0.1) is 0 Å². The first-order chi connectivity index (χ1) is 9.90. The SMILES string of the molecule is CCCCCCCCCCOc1cc2ccccc2[nH]1. The van der Waals surface area contributed by atoms with Crippen LogP contribution in [0.3, 0.4) is 0 Å². The summed E-state index contributed by atoms with van der Waals surface area (Å²) in [6.07, 6.45) is 10.7. The quantitative estimate of drug-likeness (QED) is 0.553. The maximum atomic E-state index is 5.78. The molecule has 0 aliphatic carbocycles. The van der Waals surface area contributed by atoms with Gasteiger partial charge in [-0.1, -0.05) is 70.1 Å². The van der Waals surface area contributed by atoms with E-state index in [9.17, 15) is 0 Å². The summed E-state index contributed by atoms with van der Waals surface area (Å²) in [6.45, 7) is 3.09. The van der Waals surface area contributed by atoms with Crippen LogP contribution in [0.1, 0.15) is 58.3 Å². The molecule has 2 heteroatoms. The average Bonchev–Trinajstić information content (AvgIpc) is 2.88. The molecule has 1 aromatic heterocycles. The normalized spacial score (nSPS) is 11.1. The van der Waals surface area contributed by atoms with Crippen LogP contribution in [0, 0.1) is 0 Å². The summed E-state index contributed by atoms with van der Waals surface area (Å²) < 4.78 is 5.78. The van der Waals surface area contributed by atoms with E-state index in [1.54, 1.807) is 0 Å². The van der Waals surface area contributed by atoms with Crippen LogP contribution >= 0.6 is 0 Å². The summed E-state index contributed by atoms with van der Waals surface area (Å²) in [7, 11) is 0. The van der Waals surface area contributed by atoms with Gasteiger partial charge in [0.25, 0.3) is 0 Å². The monoisotopic (exact) mass is 273 g/mol. The number of para-hydroxylation sites is 1. The van der Waals surface area contributed by atoms with E-state index in [0.29, 0.717) is 0 Å². The fourth-order valence-corrected chi connectivity index (χ4v) is 2.54. The van der Waals surface area contributed by atoms with Gasteiger partial charge >= 0.3 is 0 Å². The van der Waals surface area contributed by atoms with Crippen molar-refractivity contribution in [2.45, 2.75) is 58.3 Å². The lowest BCUT2D eigenvalue weighted by Gasteiger charge is -2.03. The van der Waals surface area contributed by atoms with Crippen LogP contribution in [0.2, 0.25) is 0 Å². The minimum absolute atomic E-state index is 0.821. The Hall–Kier alpha value is -1.44. The largest absolute Gasteiger partial charge is 0.479 e. The molecule has 1 heterocycles. The maximum absolute atomic E-state index is 5.78. The number of aromatic amines is 1. The molecule has 0 amide bonds. The average molecular weight is 273 g/mol. The molecule has 0 atom stereocenters. The zero-order chi connectivity index (χ0) is 14.0. The minimum Gasteiger partial charge on any atom is -0.479 e. The number of H-pyrrole nitrogens is 1. The molecule has 0 saturated carbocycles. The molecule has 110 valence electrons. The number of benzene rings is 1. The van der Waals surface area contributed by atoms with Crippen molar-refractivity contribution in [2.24, 2.45) is 0 Å². The van der Waals surface area contributed by atoms with Gasteiger partial charge in [0, 0.05) is 17.0 Å². The van der Waals surface area contributed by atoms with Crippen LogP contribution in [0.15, 0.2) is 30.3 Å². The van der Waals surface area contributed by atoms with Gasteiger partial charge in [0.15, 0.2) is 5.88 Å². The second-order valence-corrected chi connectivity index (χ2v) is 5.54. The third kappa shape index (κ3) is 4.92. The maximum Gasteiger partial charge on any atom is 0.191 e. The molecule has 0 spiro atoms. The smallest absolute Gasteiger partial charge is 0.191 e. The number of aromatic nitrogens is 1. The Balaban J connectivity index is 1.55. The predicted molar refractivity (Wildman–Crippen MR) is 86.4 cm³/mol. The summed E-state index contributed by atoms with van der Waals surface area (Å²) in [5.41, 5.74) is 1.15. The van der Waals surface area contributed by atoms with Crippen molar-refractivity contribution in [3.8, 4) is 5.88 Å². The number of hydrogen-bond acceptors (Lipinski definition) is 1. The van der Waals surface area contributed by atoms with Gasteiger partial charge < -0.3 is 9.72 Å². The van der Waals surface area contributed by atoms with Crippen molar-refractivity contribution in [2.75, 3.05) is 6.61 Å². The van der Waals surface area contributed by atoms with Gasteiger partial charge in [0.1, 0.15) is 0 Å². The first-order valence-electron chi connectivity index (χ1n) is 8.10. The molecule has 2 aromatic rings. The lowest BCUT2D eigenvalue weighted by molar-refractivity contribution is 0.295. The number of unbranched alkanes of at least 4 members (excludes halogenated alkanes) is 7. The van der Waals surface area contributed by atoms with Crippen molar-refractivity contribution in [3.63, 3.8) is 0 Å². The van der Waals surface area contributed by atoms with Gasteiger partial charge in [0.2, 0.25) is 0 Å². The summed E-state index contributed by atoms with van der Waals surface area (Å²) in [5, 5.41) is 1.22. The van der Waals surface area contributed by atoms with Crippen LogP contribution in [-0.4, -0.2) is 11.6 Å². The Morgan fingerprint density at radius 1 is 0.900 bits per heavy atom. The van der Waals surface area contributed by atoms with Crippen LogP contribution in [0.5, 0.6) is 5.88 Å².